The molecule has 1 aliphatic carbocycles. The van der Waals surface area contributed by atoms with Crippen LogP contribution in [0.5, 0.6) is 0 Å². The number of aromatic nitrogens is 1. The molecule has 110 valence electrons. The van der Waals surface area contributed by atoms with Gasteiger partial charge in [-0.2, -0.15) is 0 Å². The SMILES string of the molecule is CCOC(=O)c1c(C)cc(=O)n(C2(CC)CCC2)c1C. The second-order valence-corrected chi connectivity index (χ2v) is 5.61. The van der Waals surface area contributed by atoms with Crippen molar-refractivity contribution in [1.82, 2.24) is 4.57 Å². The summed E-state index contributed by atoms with van der Waals surface area (Å²) in [7, 11) is 0. The van der Waals surface area contributed by atoms with E-state index in [9.17, 15) is 9.59 Å². The van der Waals surface area contributed by atoms with Gasteiger partial charge in [0, 0.05) is 17.3 Å². The Labute approximate surface area is 119 Å². The third kappa shape index (κ3) is 2.17. The standard InChI is InChI=1S/C16H23NO3/c1-5-16(8-7-9-16)17-12(4)14(15(19)20-6-2)11(3)10-13(17)18/h10H,5-9H2,1-4H3. The first-order chi connectivity index (χ1) is 9.46. The zero-order valence-corrected chi connectivity index (χ0v) is 12.8. The van der Waals surface area contributed by atoms with Crippen LogP contribution < -0.4 is 5.56 Å². The summed E-state index contributed by atoms with van der Waals surface area (Å²) in [5, 5.41) is 0. The number of carbonyl (C=O) groups is 1. The van der Waals surface area contributed by atoms with Gasteiger partial charge in [-0.3, -0.25) is 4.79 Å². The van der Waals surface area contributed by atoms with E-state index in [1.165, 1.54) is 0 Å². The number of hydrogen-bond acceptors (Lipinski definition) is 3. The molecule has 1 saturated carbocycles. The quantitative estimate of drug-likeness (QED) is 0.795. The van der Waals surface area contributed by atoms with E-state index in [0.29, 0.717) is 17.7 Å². The van der Waals surface area contributed by atoms with E-state index in [4.69, 9.17) is 4.74 Å². The molecule has 0 unspecified atom stereocenters. The Morgan fingerprint density at radius 2 is 2.00 bits per heavy atom. The summed E-state index contributed by atoms with van der Waals surface area (Å²) in [4.78, 5) is 24.5. The number of rotatable bonds is 4. The van der Waals surface area contributed by atoms with Crippen LogP contribution in [0.2, 0.25) is 0 Å². The largest absolute Gasteiger partial charge is 0.462 e. The lowest BCUT2D eigenvalue weighted by Crippen LogP contribution is -2.47. The van der Waals surface area contributed by atoms with E-state index < -0.39 is 0 Å². The highest BCUT2D eigenvalue weighted by atomic mass is 16.5. The third-order valence-electron chi connectivity index (χ3n) is 4.55. The fraction of sp³-hybridized carbons (Fsp3) is 0.625. The van der Waals surface area contributed by atoms with Crippen molar-refractivity contribution in [2.45, 2.75) is 58.9 Å². The topological polar surface area (TPSA) is 48.3 Å². The van der Waals surface area contributed by atoms with Gasteiger partial charge in [0.05, 0.1) is 12.2 Å². The fourth-order valence-corrected chi connectivity index (χ4v) is 3.31. The van der Waals surface area contributed by atoms with Gasteiger partial charge >= 0.3 is 5.97 Å². The first kappa shape index (κ1) is 14.8. The number of hydrogen-bond donors (Lipinski definition) is 0. The number of pyridine rings is 1. The predicted octanol–water partition coefficient (Wildman–Crippen LogP) is 2.93. The van der Waals surface area contributed by atoms with Crippen LogP contribution in [0.25, 0.3) is 0 Å². The molecule has 1 heterocycles. The zero-order valence-electron chi connectivity index (χ0n) is 12.8. The molecule has 0 bridgehead atoms. The molecule has 0 aliphatic heterocycles. The van der Waals surface area contributed by atoms with Crippen LogP contribution in [0.15, 0.2) is 10.9 Å². The molecule has 0 radical (unpaired) electrons. The minimum atomic E-state index is -0.332. The number of carbonyl (C=O) groups excluding carboxylic acids is 1. The molecule has 4 heteroatoms. The van der Waals surface area contributed by atoms with Gasteiger partial charge in [0.1, 0.15) is 0 Å². The van der Waals surface area contributed by atoms with Crippen molar-refractivity contribution in [2.24, 2.45) is 0 Å². The predicted molar refractivity (Wildman–Crippen MR) is 78.2 cm³/mol. The van der Waals surface area contributed by atoms with Crippen molar-refractivity contribution in [3.05, 3.63) is 33.2 Å². The van der Waals surface area contributed by atoms with E-state index in [0.717, 1.165) is 31.4 Å². The molecule has 0 spiro atoms. The minimum absolute atomic E-state index is 0.00500. The fourth-order valence-electron chi connectivity index (χ4n) is 3.31. The molecule has 4 nitrogen and oxygen atoms in total. The molecule has 0 atom stereocenters. The molecule has 1 aliphatic rings. The van der Waals surface area contributed by atoms with Crippen molar-refractivity contribution < 1.29 is 9.53 Å². The van der Waals surface area contributed by atoms with Crippen molar-refractivity contribution in [3.63, 3.8) is 0 Å². The summed E-state index contributed by atoms with van der Waals surface area (Å²) in [6, 6.07) is 1.56. The van der Waals surface area contributed by atoms with Gasteiger partial charge in [0.2, 0.25) is 0 Å². The van der Waals surface area contributed by atoms with Crippen molar-refractivity contribution >= 4 is 5.97 Å². The van der Waals surface area contributed by atoms with Gasteiger partial charge in [-0.15, -0.1) is 0 Å². The highest BCUT2D eigenvalue weighted by molar-refractivity contribution is 5.92. The van der Waals surface area contributed by atoms with Gasteiger partial charge in [0.25, 0.3) is 5.56 Å². The van der Waals surface area contributed by atoms with E-state index >= 15 is 0 Å². The molecule has 0 N–H and O–H groups in total. The molecular weight excluding hydrogens is 254 g/mol. The minimum Gasteiger partial charge on any atom is -0.462 e. The molecular formula is C16H23NO3. The third-order valence-corrected chi connectivity index (χ3v) is 4.55. The zero-order chi connectivity index (χ0) is 14.9. The van der Waals surface area contributed by atoms with E-state index in [-0.39, 0.29) is 17.1 Å². The summed E-state index contributed by atoms with van der Waals surface area (Å²) >= 11 is 0. The monoisotopic (exact) mass is 277 g/mol. The Hall–Kier alpha value is -1.58. The van der Waals surface area contributed by atoms with Crippen LogP contribution in [0.3, 0.4) is 0 Å². The molecule has 2 rings (SSSR count). The highest BCUT2D eigenvalue weighted by Crippen LogP contribution is 2.42. The smallest absolute Gasteiger partial charge is 0.340 e. The lowest BCUT2D eigenvalue weighted by Gasteiger charge is -2.44. The summed E-state index contributed by atoms with van der Waals surface area (Å²) < 4.78 is 6.96. The maximum absolute atomic E-state index is 12.4. The number of esters is 1. The average Bonchev–Trinajstić information content (AvgIpc) is 2.32. The Bertz CT molecular complexity index is 577. The van der Waals surface area contributed by atoms with Crippen molar-refractivity contribution in [3.8, 4) is 0 Å². The Balaban J connectivity index is 2.62. The Kier molecular flexibility index (Phi) is 4.02. The van der Waals surface area contributed by atoms with E-state index in [1.54, 1.807) is 19.9 Å². The van der Waals surface area contributed by atoms with Gasteiger partial charge < -0.3 is 9.30 Å². The molecule has 0 amide bonds. The van der Waals surface area contributed by atoms with Crippen LogP contribution in [0, 0.1) is 13.8 Å². The summed E-state index contributed by atoms with van der Waals surface area (Å²) in [6.45, 7) is 7.89. The maximum Gasteiger partial charge on any atom is 0.340 e. The average molecular weight is 277 g/mol. The molecule has 1 aromatic rings. The molecule has 20 heavy (non-hydrogen) atoms. The first-order valence-electron chi connectivity index (χ1n) is 7.37. The maximum atomic E-state index is 12.4. The number of ether oxygens (including phenoxy) is 1. The highest BCUT2D eigenvalue weighted by Gasteiger charge is 2.39. The number of aryl methyl sites for hydroxylation is 1. The van der Waals surface area contributed by atoms with Crippen LogP contribution in [0.1, 0.15) is 61.1 Å². The van der Waals surface area contributed by atoms with E-state index in [1.807, 2.05) is 11.5 Å². The summed E-state index contributed by atoms with van der Waals surface area (Å²) in [5.74, 6) is -0.332. The van der Waals surface area contributed by atoms with Crippen LogP contribution >= 0.6 is 0 Å². The Morgan fingerprint density at radius 1 is 1.35 bits per heavy atom. The van der Waals surface area contributed by atoms with Crippen LogP contribution in [-0.2, 0) is 10.3 Å². The molecule has 0 aromatic carbocycles. The lowest BCUT2D eigenvalue weighted by atomic mass is 9.74. The second-order valence-electron chi connectivity index (χ2n) is 5.61. The van der Waals surface area contributed by atoms with Gasteiger partial charge in [-0.1, -0.05) is 6.92 Å². The van der Waals surface area contributed by atoms with Gasteiger partial charge in [-0.25, -0.2) is 4.79 Å². The number of nitrogens with zero attached hydrogens (tertiary/aromatic N) is 1. The van der Waals surface area contributed by atoms with Crippen LogP contribution in [-0.4, -0.2) is 17.1 Å². The van der Waals surface area contributed by atoms with E-state index in [2.05, 4.69) is 6.92 Å². The van der Waals surface area contributed by atoms with Crippen LogP contribution in [0.4, 0.5) is 0 Å². The molecule has 1 fully saturated rings. The normalized spacial score (nSPS) is 16.6. The first-order valence-corrected chi connectivity index (χ1v) is 7.37. The summed E-state index contributed by atoms with van der Waals surface area (Å²) in [5.41, 5.74) is 1.89. The molecule has 0 saturated heterocycles. The van der Waals surface area contributed by atoms with Gasteiger partial charge in [-0.05, 0) is 52.0 Å². The van der Waals surface area contributed by atoms with Crippen molar-refractivity contribution in [1.29, 1.82) is 0 Å². The lowest BCUT2D eigenvalue weighted by molar-refractivity contribution is 0.0519. The summed E-state index contributed by atoms with van der Waals surface area (Å²) in [6.07, 6.45) is 4.08. The Morgan fingerprint density at radius 3 is 2.45 bits per heavy atom. The van der Waals surface area contributed by atoms with Crippen molar-refractivity contribution in [2.75, 3.05) is 6.61 Å². The molecule has 1 aromatic heterocycles. The second kappa shape index (κ2) is 5.43. The van der Waals surface area contributed by atoms with Gasteiger partial charge in [0.15, 0.2) is 0 Å².